The fourth-order valence-electron chi connectivity index (χ4n) is 5.21. The molecular formula is C34H29N3O6S. The van der Waals surface area contributed by atoms with Gasteiger partial charge < -0.3 is 14.0 Å². The highest BCUT2D eigenvalue weighted by molar-refractivity contribution is 7.15. The summed E-state index contributed by atoms with van der Waals surface area (Å²) in [4.78, 5) is 44.0. The van der Waals surface area contributed by atoms with Gasteiger partial charge in [0.25, 0.3) is 0 Å². The highest BCUT2D eigenvalue weighted by Gasteiger charge is 2.39. The number of amides is 2. The lowest BCUT2D eigenvalue weighted by Crippen LogP contribution is -2.40. The van der Waals surface area contributed by atoms with Gasteiger partial charge in [0, 0.05) is 29.5 Å². The zero-order valence-corrected chi connectivity index (χ0v) is 24.7. The van der Waals surface area contributed by atoms with E-state index in [0.717, 1.165) is 38.6 Å². The SMILES string of the molecule is Cc1nc(-c2ccc(C=O)cc2)sc1COc1ccc(C(CC(=O)N2C(=O)OCC2Cc2ccccc2)c2ccon2)cc1. The summed E-state index contributed by atoms with van der Waals surface area (Å²) in [5, 5.41) is 4.97. The Morgan fingerprint density at radius 1 is 1.07 bits per heavy atom. The van der Waals surface area contributed by atoms with Crippen LogP contribution < -0.4 is 4.74 Å². The predicted molar refractivity (Wildman–Crippen MR) is 164 cm³/mol. The van der Waals surface area contributed by atoms with Crippen LogP contribution in [0.25, 0.3) is 10.6 Å². The van der Waals surface area contributed by atoms with Gasteiger partial charge in [0.15, 0.2) is 0 Å². The second-order valence-corrected chi connectivity index (χ2v) is 11.6. The number of imide groups is 1. The van der Waals surface area contributed by atoms with Gasteiger partial charge in [-0.25, -0.2) is 14.7 Å². The zero-order chi connectivity index (χ0) is 30.5. The van der Waals surface area contributed by atoms with Crippen molar-refractivity contribution in [1.29, 1.82) is 0 Å². The minimum atomic E-state index is -0.627. The van der Waals surface area contributed by atoms with Gasteiger partial charge in [0.2, 0.25) is 5.91 Å². The lowest BCUT2D eigenvalue weighted by Gasteiger charge is -2.22. The van der Waals surface area contributed by atoms with Crippen LogP contribution in [0.5, 0.6) is 5.75 Å². The third-order valence-electron chi connectivity index (χ3n) is 7.58. The molecule has 44 heavy (non-hydrogen) atoms. The molecule has 1 aliphatic heterocycles. The lowest BCUT2D eigenvalue weighted by molar-refractivity contribution is -0.129. The molecule has 222 valence electrons. The summed E-state index contributed by atoms with van der Waals surface area (Å²) >= 11 is 1.55. The van der Waals surface area contributed by atoms with Gasteiger partial charge in [-0.05, 0) is 36.6 Å². The molecule has 0 saturated carbocycles. The maximum atomic E-state index is 13.6. The number of hydrogen-bond acceptors (Lipinski definition) is 9. The average Bonchev–Trinajstić information content (AvgIpc) is 3.80. The Hall–Kier alpha value is -5.09. The van der Waals surface area contributed by atoms with Gasteiger partial charge >= 0.3 is 6.09 Å². The van der Waals surface area contributed by atoms with Crippen molar-refractivity contribution in [3.63, 3.8) is 0 Å². The number of benzene rings is 3. The number of thiazole rings is 1. The number of rotatable bonds is 11. The van der Waals surface area contributed by atoms with Crippen LogP contribution in [0.15, 0.2) is 95.7 Å². The highest BCUT2D eigenvalue weighted by atomic mass is 32.1. The van der Waals surface area contributed by atoms with E-state index < -0.39 is 12.0 Å². The number of nitrogens with zero attached hydrogens (tertiary/aromatic N) is 3. The second-order valence-electron chi connectivity index (χ2n) is 10.5. The standard InChI is InChI=1S/C34H29N3O6S/c1-22-31(44-33(35-22)26-9-7-24(19-38)8-10-26)21-41-28-13-11-25(12-14-28)29(30-15-16-43-36-30)18-32(39)37-27(20-42-34(37)40)17-23-5-3-2-4-6-23/h2-16,19,27,29H,17-18,20-21H2,1H3. The Labute approximate surface area is 258 Å². The molecule has 5 aromatic rings. The van der Waals surface area contributed by atoms with Crippen LogP contribution in [0.4, 0.5) is 4.79 Å². The van der Waals surface area contributed by atoms with Gasteiger partial charge in [-0.2, -0.15) is 0 Å². The Bertz CT molecular complexity index is 1730. The number of aryl methyl sites for hydroxylation is 1. The molecule has 0 spiro atoms. The number of carbonyl (C=O) groups excluding carboxylic acids is 3. The minimum Gasteiger partial charge on any atom is -0.488 e. The molecule has 0 N–H and O–H groups in total. The quantitative estimate of drug-likeness (QED) is 0.154. The molecule has 2 atom stereocenters. The summed E-state index contributed by atoms with van der Waals surface area (Å²) in [5.41, 5.74) is 4.90. The smallest absolute Gasteiger partial charge is 0.416 e. The Morgan fingerprint density at radius 3 is 2.55 bits per heavy atom. The summed E-state index contributed by atoms with van der Waals surface area (Å²) in [5.74, 6) is -0.105. The van der Waals surface area contributed by atoms with E-state index in [1.54, 1.807) is 29.5 Å². The summed E-state index contributed by atoms with van der Waals surface area (Å²) in [6.45, 7) is 2.45. The molecule has 0 aliphatic carbocycles. The van der Waals surface area contributed by atoms with E-state index in [1.165, 1.54) is 11.2 Å². The Morgan fingerprint density at radius 2 is 1.84 bits per heavy atom. The van der Waals surface area contributed by atoms with Crippen LogP contribution in [0, 0.1) is 6.92 Å². The van der Waals surface area contributed by atoms with Crippen LogP contribution in [0.1, 0.15) is 50.1 Å². The Balaban J connectivity index is 1.14. The number of carbonyl (C=O) groups is 3. The molecule has 1 saturated heterocycles. The molecule has 6 rings (SSSR count). The van der Waals surface area contributed by atoms with Crippen LogP contribution in [-0.2, 0) is 22.6 Å². The van der Waals surface area contributed by atoms with E-state index in [9.17, 15) is 14.4 Å². The predicted octanol–water partition coefficient (Wildman–Crippen LogP) is 6.61. The lowest BCUT2D eigenvalue weighted by atomic mass is 9.91. The monoisotopic (exact) mass is 607 g/mol. The molecular weight excluding hydrogens is 578 g/mol. The van der Waals surface area contributed by atoms with E-state index >= 15 is 0 Å². The number of cyclic esters (lactones) is 1. The molecule has 9 nitrogen and oxygen atoms in total. The number of aromatic nitrogens is 2. The summed E-state index contributed by atoms with van der Waals surface area (Å²) in [7, 11) is 0. The molecule has 1 fully saturated rings. The third kappa shape index (κ3) is 6.45. The number of hydrogen-bond donors (Lipinski definition) is 0. The van der Waals surface area contributed by atoms with Crippen molar-refractivity contribution >= 4 is 29.6 Å². The third-order valence-corrected chi connectivity index (χ3v) is 8.76. The minimum absolute atomic E-state index is 0.0176. The molecule has 0 radical (unpaired) electrons. The van der Waals surface area contributed by atoms with Gasteiger partial charge in [0.05, 0.1) is 22.3 Å². The van der Waals surface area contributed by atoms with Crippen LogP contribution in [0.2, 0.25) is 0 Å². The molecule has 0 bridgehead atoms. The maximum Gasteiger partial charge on any atom is 0.416 e. The van der Waals surface area contributed by atoms with Crippen molar-refractivity contribution < 1.29 is 28.4 Å². The van der Waals surface area contributed by atoms with Crippen molar-refractivity contribution in [2.75, 3.05) is 6.61 Å². The van der Waals surface area contributed by atoms with Gasteiger partial charge in [0.1, 0.15) is 36.5 Å². The van der Waals surface area contributed by atoms with Crippen molar-refractivity contribution in [2.24, 2.45) is 0 Å². The highest BCUT2D eigenvalue weighted by Crippen LogP contribution is 2.32. The van der Waals surface area contributed by atoms with Crippen molar-refractivity contribution in [3.8, 4) is 16.3 Å². The van der Waals surface area contributed by atoms with E-state index in [0.29, 0.717) is 30.0 Å². The average molecular weight is 608 g/mol. The molecule has 3 heterocycles. The van der Waals surface area contributed by atoms with Crippen molar-refractivity contribution in [2.45, 2.75) is 38.3 Å². The number of aldehydes is 1. The van der Waals surface area contributed by atoms with Gasteiger partial charge in [-0.15, -0.1) is 11.3 Å². The Kier molecular flexibility index (Phi) is 8.60. The molecule has 2 amide bonds. The topological polar surface area (TPSA) is 112 Å². The summed E-state index contributed by atoms with van der Waals surface area (Å²) < 4.78 is 16.5. The first kappa shape index (κ1) is 29.0. The molecule has 3 aromatic carbocycles. The zero-order valence-electron chi connectivity index (χ0n) is 23.9. The van der Waals surface area contributed by atoms with E-state index in [1.807, 2.05) is 73.7 Å². The fraction of sp³-hybridized carbons (Fsp3) is 0.206. The molecule has 1 aliphatic rings. The van der Waals surface area contributed by atoms with Crippen molar-refractivity contribution in [1.82, 2.24) is 15.0 Å². The fourth-order valence-corrected chi connectivity index (χ4v) is 6.19. The first-order valence-corrected chi connectivity index (χ1v) is 15.0. The van der Waals surface area contributed by atoms with Crippen molar-refractivity contribution in [3.05, 3.63) is 124 Å². The first-order valence-electron chi connectivity index (χ1n) is 14.2. The van der Waals surface area contributed by atoms with Crippen LogP contribution >= 0.6 is 11.3 Å². The van der Waals surface area contributed by atoms with Gasteiger partial charge in [-0.3, -0.25) is 9.59 Å². The molecule has 10 heteroatoms. The summed E-state index contributed by atoms with van der Waals surface area (Å²) in [6.07, 6.45) is 2.20. The van der Waals surface area contributed by atoms with E-state index in [-0.39, 0.29) is 25.0 Å². The summed E-state index contributed by atoms with van der Waals surface area (Å²) in [6, 6.07) is 25.9. The van der Waals surface area contributed by atoms with E-state index in [2.05, 4.69) is 10.1 Å². The van der Waals surface area contributed by atoms with E-state index in [4.69, 9.17) is 14.0 Å². The van der Waals surface area contributed by atoms with Gasteiger partial charge in [-0.1, -0.05) is 71.9 Å². The maximum absolute atomic E-state index is 13.6. The normalized spacial score (nSPS) is 15.2. The number of ether oxygens (including phenoxy) is 2. The second kappa shape index (κ2) is 13.0. The largest absolute Gasteiger partial charge is 0.488 e. The molecule has 2 aromatic heterocycles. The van der Waals surface area contributed by atoms with Crippen LogP contribution in [0.3, 0.4) is 0 Å². The molecule has 2 unspecified atom stereocenters. The first-order chi connectivity index (χ1) is 21.5. The van der Waals surface area contributed by atoms with Crippen LogP contribution in [-0.4, -0.2) is 46.0 Å².